The van der Waals surface area contributed by atoms with Crippen LogP contribution in [0.2, 0.25) is 0 Å². The molecular formula is C17H26N2S2. The second-order valence-corrected chi connectivity index (χ2v) is 7.95. The summed E-state index contributed by atoms with van der Waals surface area (Å²) in [5.74, 6) is 1.02. The highest BCUT2D eigenvalue weighted by molar-refractivity contribution is 7.99. The molecule has 1 aliphatic rings. The Labute approximate surface area is 138 Å². The van der Waals surface area contributed by atoms with E-state index in [2.05, 4.69) is 37.4 Å². The quantitative estimate of drug-likeness (QED) is 0.582. The van der Waals surface area contributed by atoms with Crippen LogP contribution in [0.1, 0.15) is 51.5 Å². The molecule has 0 aliphatic heterocycles. The monoisotopic (exact) mass is 322 g/mol. The van der Waals surface area contributed by atoms with Crippen molar-refractivity contribution in [2.24, 2.45) is 11.1 Å². The van der Waals surface area contributed by atoms with Crippen LogP contribution < -0.4 is 11.1 Å². The molecule has 0 heterocycles. The lowest BCUT2D eigenvalue weighted by molar-refractivity contribution is 0.233. The Balaban J connectivity index is 2.15. The second kappa shape index (κ2) is 7.50. The normalized spacial score (nSPS) is 17.4. The lowest BCUT2D eigenvalue weighted by Gasteiger charge is -2.34. The molecule has 0 saturated heterocycles. The Morgan fingerprint density at radius 3 is 2.67 bits per heavy atom. The molecule has 4 heteroatoms. The maximum Gasteiger partial charge on any atom is 0.107 e. The molecule has 0 aromatic heterocycles. The van der Waals surface area contributed by atoms with Crippen LogP contribution in [0.4, 0.5) is 5.69 Å². The number of thiocarbonyl (C=S) groups is 1. The fourth-order valence-corrected chi connectivity index (χ4v) is 4.23. The van der Waals surface area contributed by atoms with Crippen molar-refractivity contribution in [1.29, 1.82) is 0 Å². The molecule has 0 spiro atoms. The van der Waals surface area contributed by atoms with Gasteiger partial charge >= 0.3 is 0 Å². The molecule has 1 aromatic rings. The molecule has 0 unspecified atom stereocenters. The Kier molecular flexibility index (Phi) is 5.94. The molecule has 0 amide bonds. The summed E-state index contributed by atoms with van der Waals surface area (Å²) in [4.78, 5) is 1.67. The van der Waals surface area contributed by atoms with Crippen molar-refractivity contribution in [1.82, 2.24) is 0 Å². The first-order valence-corrected chi connectivity index (χ1v) is 9.24. The number of hydrogen-bond acceptors (Lipinski definition) is 3. The van der Waals surface area contributed by atoms with Crippen LogP contribution in [0, 0.1) is 5.41 Å². The van der Waals surface area contributed by atoms with Crippen molar-refractivity contribution >= 4 is 34.7 Å². The Morgan fingerprint density at radius 2 is 2.05 bits per heavy atom. The summed E-state index contributed by atoms with van der Waals surface area (Å²) < 4.78 is 0. The average Bonchev–Trinajstić information content (AvgIpc) is 2.46. The zero-order valence-electron chi connectivity index (χ0n) is 13.1. The highest BCUT2D eigenvalue weighted by atomic mass is 32.2. The van der Waals surface area contributed by atoms with E-state index < -0.39 is 0 Å². The number of rotatable bonds is 6. The molecule has 116 valence electrons. The molecule has 1 aromatic carbocycles. The van der Waals surface area contributed by atoms with Gasteiger partial charge in [0.15, 0.2) is 0 Å². The summed E-state index contributed by atoms with van der Waals surface area (Å²) in [6.45, 7) is 5.55. The van der Waals surface area contributed by atoms with Gasteiger partial charge in [0.2, 0.25) is 0 Å². The molecule has 0 atom stereocenters. The zero-order chi connectivity index (χ0) is 15.3. The highest BCUT2D eigenvalue weighted by Gasteiger charge is 2.26. The first-order valence-electron chi connectivity index (χ1n) is 7.85. The summed E-state index contributed by atoms with van der Waals surface area (Å²) in [6, 6.07) is 6.29. The van der Waals surface area contributed by atoms with Crippen LogP contribution in [0.15, 0.2) is 23.1 Å². The fourth-order valence-electron chi connectivity index (χ4n) is 3.10. The predicted molar refractivity (Wildman–Crippen MR) is 98.4 cm³/mol. The lowest BCUT2D eigenvalue weighted by Crippen LogP contribution is -2.29. The van der Waals surface area contributed by atoms with Crippen LogP contribution in [0.5, 0.6) is 0 Å². The summed E-state index contributed by atoms with van der Waals surface area (Å²) in [7, 11) is 0. The van der Waals surface area contributed by atoms with Gasteiger partial charge in [-0.2, -0.15) is 0 Å². The maximum atomic E-state index is 5.97. The van der Waals surface area contributed by atoms with Crippen LogP contribution in [-0.4, -0.2) is 17.3 Å². The van der Waals surface area contributed by atoms with E-state index in [9.17, 15) is 0 Å². The van der Waals surface area contributed by atoms with E-state index in [4.69, 9.17) is 18.0 Å². The van der Waals surface area contributed by atoms with E-state index in [1.165, 1.54) is 37.0 Å². The van der Waals surface area contributed by atoms with Gasteiger partial charge in [0.25, 0.3) is 0 Å². The van der Waals surface area contributed by atoms with Gasteiger partial charge in [-0.25, -0.2) is 0 Å². The second-order valence-electron chi connectivity index (χ2n) is 6.20. The molecule has 0 bridgehead atoms. The van der Waals surface area contributed by atoms with Gasteiger partial charge < -0.3 is 11.1 Å². The van der Waals surface area contributed by atoms with Gasteiger partial charge in [0.1, 0.15) is 4.99 Å². The topological polar surface area (TPSA) is 38.0 Å². The van der Waals surface area contributed by atoms with Crippen LogP contribution in [0.25, 0.3) is 0 Å². The number of nitrogens with one attached hydrogen (secondary N) is 1. The molecule has 2 nitrogen and oxygen atoms in total. The third-order valence-corrected chi connectivity index (χ3v) is 5.48. The van der Waals surface area contributed by atoms with E-state index in [1.807, 2.05) is 0 Å². The number of hydrogen-bond donors (Lipinski definition) is 2. The number of anilines is 1. The molecule has 21 heavy (non-hydrogen) atoms. The largest absolute Gasteiger partial charge is 0.389 e. The van der Waals surface area contributed by atoms with E-state index in [0.29, 0.717) is 10.4 Å². The van der Waals surface area contributed by atoms with Gasteiger partial charge in [0, 0.05) is 22.7 Å². The minimum Gasteiger partial charge on any atom is -0.389 e. The van der Waals surface area contributed by atoms with Crippen LogP contribution in [-0.2, 0) is 0 Å². The minimum atomic E-state index is 0.402. The van der Waals surface area contributed by atoms with E-state index >= 15 is 0 Å². The van der Waals surface area contributed by atoms with E-state index in [0.717, 1.165) is 23.5 Å². The summed E-state index contributed by atoms with van der Waals surface area (Å²) in [5.41, 5.74) is 8.47. The predicted octanol–water partition coefficient (Wildman–Crippen LogP) is 4.82. The Bertz CT molecular complexity index is 494. The van der Waals surface area contributed by atoms with Crippen molar-refractivity contribution in [2.45, 2.75) is 50.8 Å². The molecule has 0 radical (unpaired) electrons. The zero-order valence-corrected chi connectivity index (χ0v) is 14.7. The SMILES string of the molecule is CCSc1cccc(NCC2(C)CCCCC2)c1C(N)=S. The minimum absolute atomic E-state index is 0.402. The molecule has 1 aliphatic carbocycles. The van der Waals surface area contributed by atoms with Crippen molar-refractivity contribution in [2.75, 3.05) is 17.6 Å². The summed E-state index contributed by atoms with van der Waals surface area (Å²) in [6.07, 6.45) is 6.71. The average molecular weight is 323 g/mol. The number of thioether (sulfide) groups is 1. The van der Waals surface area contributed by atoms with Crippen molar-refractivity contribution < 1.29 is 0 Å². The third-order valence-electron chi connectivity index (χ3n) is 4.34. The van der Waals surface area contributed by atoms with Gasteiger partial charge in [-0.3, -0.25) is 0 Å². The molecule has 3 N–H and O–H groups in total. The van der Waals surface area contributed by atoms with Crippen LogP contribution >= 0.6 is 24.0 Å². The van der Waals surface area contributed by atoms with Crippen molar-refractivity contribution in [3.8, 4) is 0 Å². The summed E-state index contributed by atoms with van der Waals surface area (Å²) in [5, 5.41) is 3.62. The van der Waals surface area contributed by atoms with Crippen molar-refractivity contribution in [3.63, 3.8) is 0 Å². The first-order chi connectivity index (χ1) is 10.1. The Morgan fingerprint density at radius 1 is 1.33 bits per heavy atom. The Hall–Kier alpha value is -0.740. The van der Waals surface area contributed by atoms with Gasteiger partial charge in [-0.15, -0.1) is 11.8 Å². The molecule has 2 rings (SSSR count). The van der Waals surface area contributed by atoms with Gasteiger partial charge in [-0.1, -0.05) is 51.4 Å². The number of benzene rings is 1. The first kappa shape index (κ1) is 16.6. The van der Waals surface area contributed by atoms with Gasteiger partial charge in [-0.05, 0) is 36.1 Å². The van der Waals surface area contributed by atoms with E-state index in [1.54, 1.807) is 11.8 Å². The third kappa shape index (κ3) is 4.36. The van der Waals surface area contributed by atoms with Gasteiger partial charge in [0.05, 0.1) is 0 Å². The lowest BCUT2D eigenvalue weighted by atomic mass is 9.75. The molecular weight excluding hydrogens is 296 g/mol. The molecule has 1 saturated carbocycles. The molecule has 1 fully saturated rings. The van der Waals surface area contributed by atoms with Crippen molar-refractivity contribution in [3.05, 3.63) is 23.8 Å². The maximum absolute atomic E-state index is 5.97. The smallest absolute Gasteiger partial charge is 0.107 e. The fraction of sp³-hybridized carbons (Fsp3) is 0.588. The van der Waals surface area contributed by atoms with E-state index in [-0.39, 0.29) is 0 Å². The van der Waals surface area contributed by atoms with Crippen LogP contribution in [0.3, 0.4) is 0 Å². The standard InChI is InChI=1S/C17H26N2S2/c1-3-21-14-9-7-8-13(15(14)16(18)20)19-12-17(2)10-5-4-6-11-17/h7-9,19H,3-6,10-12H2,1-2H3,(H2,18,20). The highest BCUT2D eigenvalue weighted by Crippen LogP contribution is 2.36. The number of nitrogens with two attached hydrogens (primary N) is 1. The summed E-state index contributed by atoms with van der Waals surface area (Å²) >= 11 is 7.07.